The average Bonchev–Trinajstić information content (AvgIpc) is 2.57. The van der Waals surface area contributed by atoms with Crippen LogP contribution in [0.4, 0.5) is 0 Å². The molecule has 0 unspecified atom stereocenters. The molecule has 0 fully saturated rings. The Bertz CT molecular complexity index is 247. The van der Waals surface area contributed by atoms with Gasteiger partial charge in [0.25, 0.3) is 0 Å². The topological polar surface area (TPSA) is 46.5 Å². The molecule has 0 rings (SSSR count). The summed E-state index contributed by atoms with van der Waals surface area (Å²) in [5.74, 6) is -0.508. The van der Waals surface area contributed by atoms with E-state index in [1.54, 1.807) is 0 Å². The normalized spacial score (nSPS) is 10.4. The summed E-state index contributed by atoms with van der Waals surface area (Å²) in [5.41, 5.74) is 0. The van der Waals surface area contributed by atoms with Gasteiger partial charge in [0.05, 0.1) is 6.61 Å². The van der Waals surface area contributed by atoms with E-state index in [-0.39, 0.29) is 29.6 Å². The predicted molar refractivity (Wildman–Crippen MR) is 105 cm³/mol. The summed E-state index contributed by atoms with van der Waals surface area (Å²) in [4.78, 5) is 10.7. The number of carbonyl (C=O) groups excluding carboxylic acids is 1. The predicted octanol–water partition coefficient (Wildman–Crippen LogP) is 5.13. The molecule has 3 nitrogen and oxygen atoms in total. The van der Waals surface area contributed by atoms with Crippen LogP contribution in [-0.2, 0) is 9.53 Å². The van der Waals surface area contributed by atoms with Gasteiger partial charge in [-0.3, -0.25) is 0 Å². The third-order valence-corrected chi connectivity index (χ3v) is 4.39. The number of hydrogen-bond acceptors (Lipinski definition) is 3. The molecule has 0 aliphatic rings. The van der Waals surface area contributed by atoms with Gasteiger partial charge in [-0.25, -0.2) is 4.79 Å². The first-order valence-electron chi connectivity index (χ1n) is 10.1. The molecular formula is C20H41NaO3. The first-order chi connectivity index (χ1) is 11.3. The van der Waals surface area contributed by atoms with E-state index in [1.807, 2.05) is 0 Å². The van der Waals surface area contributed by atoms with Crippen LogP contribution in [0, 0.1) is 0 Å². The molecule has 0 saturated carbocycles. The van der Waals surface area contributed by atoms with Crippen LogP contribution in [0.15, 0.2) is 0 Å². The molecule has 1 N–H and O–H groups in total. The van der Waals surface area contributed by atoms with Gasteiger partial charge >= 0.3 is 35.5 Å². The fourth-order valence-corrected chi connectivity index (χ4v) is 2.88. The number of aliphatic hydroxyl groups excluding tert-OH is 1. The second kappa shape index (κ2) is 23.4. The molecule has 0 aromatic carbocycles. The van der Waals surface area contributed by atoms with Crippen LogP contribution in [0.3, 0.4) is 0 Å². The van der Waals surface area contributed by atoms with Crippen LogP contribution < -0.4 is 0 Å². The Labute approximate surface area is 172 Å². The van der Waals surface area contributed by atoms with Crippen LogP contribution >= 0.6 is 0 Å². The van der Waals surface area contributed by atoms with E-state index in [2.05, 4.69) is 6.92 Å². The van der Waals surface area contributed by atoms with Gasteiger partial charge in [-0.05, 0) is 6.42 Å². The molecular weight excluding hydrogens is 311 g/mol. The van der Waals surface area contributed by atoms with Gasteiger partial charge in [-0.2, -0.15) is 0 Å². The second-order valence-electron chi connectivity index (χ2n) is 6.68. The molecule has 24 heavy (non-hydrogen) atoms. The third kappa shape index (κ3) is 22.4. The Balaban J connectivity index is 0. The molecule has 0 bridgehead atoms. The molecule has 0 aromatic heterocycles. The van der Waals surface area contributed by atoms with Crippen molar-refractivity contribution in [2.24, 2.45) is 0 Å². The Kier molecular flexibility index (Phi) is 26.0. The fraction of sp³-hybridized carbons (Fsp3) is 0.950. The number of rotatable bonds is 18. The number of hydrogen-bond donors (Lipinski definition) is 1. The summed E-state index contributed by atoms with van der Waals surface area (Å²) in [6, 6.07) is 0. The summed E-state index contributed by atoms with van der Waals surface area (Å²) >= 11 is 0. The van der Waals surface area contributed by atoms with E-state index < -0.39 is 12.6 Å². The van der Waals surface area contributed by atoms with Crippen molar-refractivity contribution < 1.29 is 14.6 Å². The van der Waals surface area contributed by atoms with Gasteiger partial charge in [0.15, 0.2) is 0 Å². The standard InChI is InChI=1S/C20H40O3.Na.H/c1-2-3-4-5-6-7-8-9-10-11-12-13-14-15-16-17-18-23-20(22)19-21;;/h21H,2-19H2,1H3;;. The van der Waals surface area contributed by atoms with E-state index in [1.165, 1.54) is 89.9 Å². The number of ether oxygens (including phenoxy) is 1. The molecule has 140 valence electrons. The summed E-state index contributed by atoms with van der Waals surface area (Å²) in [5, 5.41) is 8.50. The van der Waals surface area contributed by atoms with Crippen molar-refractivity contribution in [3.8, 4) is 0 Å². The number of unbranched alkanes of at least 4 members (excludes halogenated alkanes) is 15. The van der Waals surface area contributed by atoms with E-state index in [0.29, 0.717) is 6.61 Å². The Morgan fingerprint density at radius 1 is 0.667 bits per heavy atom. The van der Waals surface area contributed by atoms with Crippen LogP contribution in [-0.4, -0.2) is 53.8 Å². The minimum absolute atomic E-state index is 0. The van der Waals surface area contributed by atoms with Crippen LogP contribution in [0.1, 0.15) is 110 Å². The quantitative estimate of drug-likeness (QED) is 0.211. The van der Waals surface area contributed by atoms with Crippen LogP contribution in [0.5, 0.6) is 0 Å². The zero-order chi connectivity index (χ0) is 17.0. The average molecular weight is 353 g/mol. The summed E-state index contributed by atoms with van der Waals surface area (Å²) in [7, 11) is 0. The monoisotopic (exact) mass is 352 g/mol. The van der Waals surface area contributed by atoms with Crippen molar-refractivity contribution in [1.29, 1.82) is 0 Å². The Morgan fingerprint density at radius 3 is 1.33 bits per heavy atom. The Hall–Kier alpha value is 0.430. The van der Waals surface area contributed by atoms with Gasteiger partial charge in [0.1, 0.15) is 6.61 Å². The van der Waals surface area contributed by atoms with E-state index in [9.17, 15) is 4.79 Å². The molecule has 0 aromatic rings. The van der Waals surface area contributed by atoms with Gasteiger partial charge in [-0.15, -0.1) is 0 Å². The van der Waals surface area contributed by atoms with Crippen molar-refractivity contribution in [1.82, 2.24) is 0 Å². The minimum atomic E-state index is -0.508. The van der Waals surface area contributed by atoms with Crippen LogP contribution in [0.25, 0.3) is 0 Å². The molecule has 0 radical (unpaired) electrons. The van der Waals surface area contributed by atoms with Gasteiger partial charge in [-0.1, -0.05) is 103 Å². The van der Waals surface area contributed by atoms with E-state index in [0.717, 1.165) is 12.8 Å². The molecule has 0 spiro atoms. The SMILES string of the molecule is CCCCCCCCCCCCCCCCCCOC(=O)CO.[NaH]. The summed E-state index contributed by atoms with van der Waals surface area (Å²) in [6.07, 6.45) is 21.4. The fourth-order valence-electron chi connectivity index (χ4n) is 2.88. The van der Waals surface area contributed by atoms with Gasteiger partial charge < -0.3 is 9.84 Å². The molecule has 0 amide bonds. The zero-order valence-corrected chi connectivity index (χ0v) is 15.5. The number of carbonyl (C=O) groups is 1. The molecule has 0 saturated heterocycles. The van der Waals surface area contributed by atoms with E-state index >= 15 is 0 Å². The van der Waals surface area contributed by atoms with Crippen LogP contribution in [0.2, 0.25) is 0 Å². The van der Waals surface area contributed by atoms with Crippen molar-refractivity contribution >= 4 is 35.5 Å². The molecule has 0 aliphatic heterocycles. The molecule has 0 aliphatic carbocycles. The first-order valence-corrected chi connectivity index (χ1v) is 10.1. The third-order valence-electron chi connectivity index (χ3n) is 4.39. The second-order valence-corrected chi connectivity index (χ2v) is 6.68. The zero-order valence-electron chi connectivity index (χ0n) is 15.5. The first kappa shape index (κ1) is 26.7. The van der Waals surface area contributed by atoms with Gasteiger partial charge in [0, 0.05) is 0 Å². The Morgan fingerprint density at radius 2 is 1.00 bits per heavy atom. The molecule has 0 atom stereocenters. The van der Waals surface area contributed by atoms with Crippen molar-refractivity contribution in [3.63, 3.8) is 0 Å². The van der Waals surface area contributed by atoms with Crippen molar-refractivity contribution in [3.05, 3.63) is 0 Å². The van der Waals surface area contributed by atoms with Crippen molar-refractivity contribution in [2.45, 2.75) is 110 Å². The molecule has 4 heteroatoms. The number of esters is 1. The summed E-state index contributed by atoms with van der Waals surface area (Å²) < 4.78 is 4.82. The maximum absolute atomic E-state index is 10.7. The maximum atomic E-state index is 10.7. The van der Waals surface area contributed by atoms with Gasteiger partial charge in [0.2, 0.25) is 0 Å². The molecule has 0 heterocycles. The van der Waals surface area contributed by atoms with E-state index in [4.69, 9.17) is 9.84 Å². The number of aliphatic hydroxyl groups is 1. The van der Waals surface area contributed by atoms with Crippen molar-refractivity contribution in [2.75, 3.05) is 13.2 Å². The summed E-state index contributed by atoms with van der Waals surface area (Å²) in [6.45, 7) is 2.23.